The number of esters is 1. The van der Waals surface area contributed by atoms with E-state index in [0.29, 0.717) is 68.0 Å². The van der Waals surface area contributed by atoms with Gasteiger partial charge in [-0.1, -0.05) is 46.4 Å². The summed E-state index contributed by atoms with van der Waals surface area (Å²) in [4.78, 5) is 67.1. The molecule has 0 saturated carbocycles. The second-order valence-corrected chi connectivity index (χ2v) is 14.9. The number of fused-ring (bicyclic) bond motifs is 1. The number of amides is 2. The van der Waals surface area contributed by atoms with Gasteiger partial charge < -0.3 is 29.2 Å². The molecular formula is C44H36Cl4FN3O11. The van der Waals surface area contributed by atoms with Crippen molar-refractivity contribution in [3.63, 3.8) is 0 Å². The van der Waals surface area contributed by atoms with Gasteiger partial charge in [0.1, 0.15) is 27.8 Å². The minimum absolute atomic E-state index is 0.137. The molecule has 19 heteroatoms. The number of aromatic nitrogens is 2. The Morgan fingerprint density at radius 3 is 2.16 bits per heavy atom. The van der Waals surface area contributed by atoms with Gasteiger partial charge in [0.2, 0.25) is 0 Å². The Balaban J connectivity index is 0.000000183. The molecule has 14 nitrogen and oxygen atoms in total. The maximum Gasteiger partial charge on any atom is 0.349 e. The van der Waals surface area contributed by atoms with Gasteiger partial charge in [-0.25, -0.2) is 28.7 Å². The van der Waals surface area contributed by atoms with Crippen molar-refractivity contribution >= 4 is 98.8 Å². The topological polar surface area (TPSA) is 192 Å². The van der Waals surface area contributed by atoms with Crippen LogP contribution in [0.25, 0.3) is 17.0 Å². The maximum absolute atomic E-state index is 13.5. The summed E-state index contributed by atoms with van der Waals surface area (Å²) in [6.45, 7) is 2.90. The number of imide groups is 1. The van der Waals surface area contributed by atoms with E-state index < -0.39 is 36.4 Å². The van der Waals surface area contributed by atoms with Gasteiger partial charge in [-0.2, -0.15) is 0 Å². The summed E-state index contributed by atoms with van der Waals surface area (Å²) in [6, 6.07) is 18.7. The van der Waals surface area contributed by atoms with Crippen LogP contribution in [0.15, 0.2) is 101 Å². The highest BCUT2D eigenvalue weighted by Crippen LogP contribution is 2.37. The van der Waals surface area contributed by atoms with E-state index in [0.717, 1.165) is 24.3 Å². The van der Waals surface area contributed by atoms with Crippen molar-refractivity contribution in [2.75, 3.05) is 18.1 Å². The Morgan fingerprint density at radius 1 is 0.889 bits per heavy atom. The first-order chi connectivity index (χ1) is 30.1. The Bertz CT molecular complexity index is 2580. The molecule has 2 N–H and O–H groups in total. The van der Waals surface area contributed by atoms with Crippen LogP contribution in [0.4, 0.5) is 10.1 Å². The van der Waals surface area contributed by atoms with E-state index in [2.05, 4.69) is 9.97 Å². The van der Waals surface area contributed by atoms with Gasteiger partial charge in [-0.15, -0.1) is 0 Å². The summed E-state index contributed by atoms with van der Waals surface area (Å²) in [6.07, 6.45) is 6.36. The summed E-state index contributed by atoms with van der Waals surface area (Å²) in [7, 11) is 0. The van der Waals surface area contributed by atoms with Crippen molar-refractivity contribution in [3.05, 3.63) is 128 Å². The molecule has 1 atom stereocenters. The van der Waals surface area contributed by atoms with Gasteiger partial charge in [0, 0.05) is 33.9 Å². The zero-order chi connectivity index (χ0) is 45.8. The van der Waals surface area contributed by atoms with E-state index in [4.69, 9.17) is 75.6 Å². The zero-order valence-corrected chi connectivity index (χ0v) is 36.3. The molecule has 1 aliphatic heterocycles. The fraction of sp³-hybridized carbons (Fsp3) is 0.205. The number of carbonyl (C=O) groups excluding carboxylic acids is 3. The molecular weight excluding hydrogens is 907 g/mol. The average Bonchev–Trinajstić information content (AvgIpc) is 3.52. The molecule has 0 fully saturated rings. The summed E-state index contributed by atoms with van der Waals surface area (Å²) < 4.78 is 33.9. The second kappa shape index (κ2) is 22.2. The normalized spacial score (nSPS) is 13.8. The zero-order valence-electron chi connectivity index (χ0n) is 33.3. The molecule has 328 valence electrons. The first-order valence-electron chi connectivity index (χ1n) is 18.9. The third-order valence-electron chi connectivity index (χ3n) is 8.88. The van der Waals surface area contributed by atoms with Gasteiger partial charge in [0.25, 0.3) is 17.7 Å². The lowest BCUT2D eigenvalue weighted by Crippen LogP contribution is -2.31. The lowest BCUT2D eigenvalue weighted by atomic mass is 9.93. The van der Waals surface area contributed by atoms with Gasteiger partial charge in [-0.3, -0.25) is 14.6 Å². The number of hydrogen-bond donors (Lipinski definition) is 2. The van der Waals surface area contributed by atoms with Gasteiger partial charge >= 0.3 is 17.9 Å². The SMILES string of the molecule is CCOC(=O)/C(Cl)=C/c1cc(N2C(=O)C3=C(CCCC3)C2=O)ccc1Cl.C[C@@H](Oc1ccc(Oc2ncc(Cl)cc2F)cc1)C(=O)O.O=C(O)COc1ccc(Cl)c2cccnc12. The molecule has 63 heavy (non-hydrogen) atoms. The fourth-order valence-corrected chi connectivity index (χ4v) is 6.65. The molecule has 3 aromatic carbocycles. The minimum atomic E-state index is -1.07. The van der Waals surface area contributed by atoms with Crippen LogP contribution < -0.4 is 19.1 Å². The molecule has 7 rings (SSSR count). The van der Waals surface area contributed by atoms with Crippen LogP contribution in [0.5, 0.6) is 23.1 Å². The molecule has 2 amide bonds. The molecule has 0 saturated heterocycles. The Morgan fingerprint density at radius 2 is 1.54 bits per heavy atom. The smallest absolute Gasteiger partial charge is 0.349 e. The van der Waals surface area contributed by atoms with Crippen LogP contribution >= 0.6 is 46.4 Å². The Hall–Kier alpha value is -6.26. The van der Waals surface area contributed by atoms with E-state index >= 15 is 0 Å². The number of nitrogens with zero attached hydrogens (tertiary/aromatic N) is 3. The number of hydrogen-bond acceptors (Lipinski definition) is 11. The number of pyridine rings is 2. The number of halogens is 5. The van der Waals surface area contributed by atoms with E-state index in [1.165, 1.54) is 48.4 Å². The number of ether oxygens (including phenoxy) is 4. The molecule has 5 aromatic rings. The molecule has 0 bridgehead atoms. The van der Waals surface area contributed by atoms with Gasteiger partial charge in [-0.05, 0) is 124 Å². The first kappa shape index (κ1) is 47.8. The van der Waals surface area contributed by atoms with Crippen molar-refractivity contribution in [3.8, 4) is 23.1 Å². The second-order valence-electron chi connectivity index (χ2n) is 13.3. The van der Waals surface area contributed by atoms with Gasteiger partial charge in [0.15, 0.2) is 18.5 Å². The number of carbonyl (C=O) groups is 5. The average molecular weight is 944 g/mol. The monoisotopic (exact) mass is 941 g/mol. The highest BCUT2D eigenvalue weighted by molar-refractivity contribution is 6.44. The van der Waals surface area contributed by atoms with E-state index in [-0.39, 0.29) is 34.4 Å². The summed E-state index contributed by atoms with van der Waals surface area (Å²) in [5.74, 6) is -3.09. The third-order valence-corrected chi connectivity index (χ3v) is 10.0. The molecule has 2 aliphatic rings. The quantitative estimate of drug-likeness (QED) is 0.0683. The first-order valence-corrected chi connectivity index (χ1v) is 20.4. The van der Waals surface area contributed by atoms with Crippen LogP contribution in [0.3, 0.4) is 0 Å². The lowest BCUT2D eigenvalue weighted by molar-refractivity contribution is -0.144. The highest BCUT2D eigenvalue weighted by Gasteiger charge is 2.39. The van der Waals surface area contributed by atoms with E-state index in [1.807, 2.05) is 0 Å². The number of carboxylic acid groups (broad SMARTS) is 2. The molecule has 3 heterocycles. The standard InChI is InChI=1S/C19H17Cl2NO4.C14H11ClFNO4.C11H8ClNO3/c1-2-26-19(25)16(21)10-11-9-12(7-8-15(11)20)22-17(23)13-5-3-4-6-14(13)18(22)24;1-8(14(18)19)20-10-2-4-11(5-3-10)21-13-12(16)6-9(15)7-17-13;12-8-3-4-9(16-6-10(14)15)11-7(8)2-1-5-13-11/h7-10H,2-6H2,1H3;2-8H,1H3,(H,18,19);1-5H,6H2,(H,14,15)/b16-10-;;/t;8-;/m.1./s1. The van der Waals surface area contributed by atoms with Crippen LogP contribution in [0, 0.1) is 5.82 Å². The Labute approximate surface area is 379 Å². The number of carboxylic acids is 2. The lowest BCUT2D eigenvalue weighted by Gasteiger charge is -2.16. The summed E-state index contributed by atoms with van der Waals surface area (Å²) >= 11 is 23.7. The predicted octanol–water partition coefficient (Wildman–Crippen LogP) is 10.1. The molecule has 0 radical (unpaired) electrons. The van der Waals surface area contributed by atoms with E-state index in [9.17, 15) is 28.4 Å². The van der Waals surface area contributed by atoms with Crippen LogP contribution in [0.2, 0.25) is 15.1 Å². The molecule has 1 aliphatic carbocycles. The molecule has 2 aromatic heterocycles. The van der Waals surface area contributed by atoms with Crippen molar-refractivity contribution in [1.29, 1.82) is 0 Å². The van der Waals surface area contributed by atoms with Crippen molar-refractivity contribution in [2.45, 2.75) is 45.6 Å². The van der Waals surface area contributed by atoms with Crippen LogP contribution in [0.1, 0.15) is 45.1 Å². The maximum atomic E-state index is 13.5. The minimum Gasteiger partial charge on any atom is -0.480 e. The Kier molecular flexibility index (Phi) is 16.8. The molecule has 0 unspecified atom stereocenters. The highest BCUT2D eigenvalue weighted by atomic mass is 35.5. The largest absolute Gasteiger partial charge is 0.480 e. The number of anilines is 1. The van der Waals surface area contributed by atoms with Crippen molar-refractivity contribution in [2.24, 2.45) is 0 Å². The summed E-state index contributed by atoms with van der Waals surface area (Å²) in [5, 5.41) is 18.9. The predicted molar refractivity (Wildman–Crippen MR) is 233 cm³/mol. The third kappa shape index (κ3) is 12.7. The van der Waals surface area contributed by atoms with Gasteiger partial charge in [0.05, 0.1) is 22.3 Å². The number of aliphatic carboxylic acids is 2. The summed E-state index contributed by atoms with van der Waals surface area (Å²) in [5.41, 5.74) is 2.61. The van der Waals surface area contributed by atoms with Crippen molar-refractivity contribution < 1.29 is 57.5 Å². The van der Waals surface area contributed by atoms with E-state index in [1.54, 1.807) is 55.6 Å². The van der Waals surface area contributed by atoms with Crippen LogP contribution in [-0.4, -0.2) is 69.2 Å². The number of rotatable bonds is 12. The van der Waals surface area contributed by atoms with Crippen molar-refractivity contribution in [1.82, 2.24) is 9.97 Å². The van der Waals surface area contributed by atoms with Crippen LogP contribution in [-0.2, 0) is 28.7 Å². The molecule has 0 spiro atoms. The fourth-order valence-electron chi connectivity index (χ4n) is 5.95. The number of benzene rings is 3.